The highest BCUT2D eigenvalue weighted by Crippen LogP contribution is 2.31. The molecule has 2 rings (SSSR count). The van der Waals surface area contributed by atoms with Gasteiger partial charge in [-0.3, -0.25) is 0 Å². The van der Waals surface area contributed by atoms with Crippen LogP contribution in [0.25, 0.3) is 0 Å². The van der Waals surface area contributed by atoms with Gasteiger partial charge in [0.2, 0.25) is 0 Å². The number of benzene rings is 2. The Morgan fingerprint density at radius 1 is 1.23 bits per heavy atom. The molecule has 0 amide bonds. The molecule has 0 aliphatic carbocycles. The monoisotopic (exact) mass is 339 g/mol. The van der Waals surface area contributed by atoms with Crippen LogP contribution in [0.5, 0.6) is 11.5 Å². The lowest BCUT2D eigenvalue weighted by molar-refractivity contribution is 0.316. The molecule has 0 heterocycles. The highest BCUT2D eigenvalue weighted by atomic mass is 35.5. The fourth-order valence-corrected chi connectivity index (χ4v) is 2.78. The number of hydrogen-bond acceptors (Lipinski definition) is 3. The lowest BCUT2D eigenvalue weighted by atomic mass is 10.1. The van der Waals surface area contributed by atoms with Crippen LogP contribution in [0.3, 0.4) is 0 Å². The van der Waals surface area contributed by atoms with E-state index in [0.717, 1.165) is 11.1 Å². The quantitative estimate of drug-likeness (QED) is 0.782. The number of rotatable bonds is 6. The van der Waals surface area contributed by atoms with Crippen molar-refractivity contribution in [3.8, 4) is 11.5 Å². The second kappa shape index (κ2) is 7.73. The Bertz CT molecular complexity index is 647. The van der Waals surface area contributed by atoms with E-state index in [9.17, 15) is 5.11 Å². The molecule has 22 heavy (non-hydrogen) atoms. The zero-order chi connectivity index (χ0) is 16.1. The summed E-state index contributed by atoms with van der Waals surface area (Å²) in [6.07, 6.45) is 0. The van der Waals surface area contributed by atoms with Crippen LogP contribution in [0.4, 0.5) is 0 Å². The lowest BCUT2D eigenvalue weighted by Crippen LogP contribution is -2.18. The van der Waals surface area contributed by atoms with Gasteiger partial charge in [-0.15, -0.1) is 0 Å². The van der Waals surface area contributed by atoms with Crippen LogP contribution in [0.2, 0.25) is 10.0 Å². The van der Waals surface area contributed by atoms with Gasteiger partial charge >= 0.3 is 0 Å². The van der Waals surface area contributed by atoms with Crippen molar-refractivity contribution in [2.24, 2.45) is 0 Å². The summed E-state index contributed by atoms with van der Waals surface area (Å²) in [4.78, 5) is 0. The molecule has 0 aliphatic heterocycles. The molecule has 0 aliphatic rings. The van der Waals surface area contributed by atoms with Crippen molar-refractivity contribution in [1.29, 1.82) is 0 Å². The van der Waals surface area contributed by atoms with Crippen molar-refractivity contribution >= 4 is 23.2 Å². The van der Waals surface area contributed by atoms with E-state index in [-0.39, 0.29) is 11.8 Å². The van der Waals surface area contributed by atoms with E-state index < -0.39 is 0 Å². The Morgan fingerprint density at radius 3 is 2.68 bits per heavy atom. The van der Waals surface area contributed by atoms with Crippen LogP contribution in [-0.4, -0.2) is 11.7 Å². The van der Waals surface area contributed by atoms with E-state index in [1.54, 1.807) is 12.1 Å². The van der Waals surface area contributed by atoms with E-state index in [1.165, 1.54) is 0 Å². The smallest absolute Gasteiger partial charge is 0.162 e. The summed E-state index contributed by atoms with van der Waals surface area (Å²) in [5.41, 5.74) is 1.74. The first-order chi connectivity index (χ1) is 10.5. The van der Waals surface area contributed by atoms with E-state index in [4.69, 9.17) is 27.9 Å². The van der Waals surface area contributed by atoms with Gasteiger partial charge < -0.3 is 15.2 Å². The standard InChI is InChI=1S/C17H19Cl2NO2/c1-3-22-16-6-4-5-12(17(16)21)10-20-11(2)14-8-7-13(18)9-15(14)19/h4-9,11,20-21H,3,10H2,1-2H3. The molecule has 1 atom stereocenters. The maximum Gasteiger partial charge on any atom is 0.162 e. The third kappa shape index (κ3) is 4.07. The summed E-state index contributed by atoms with van der Waals surface area (Å²) in [6, 6.07) is 10.9. The molecule has 3 nitrogen and oxygen atoms in total. The van der Waals surface area contributed by atoms with Crippen molar-refractivity contribution in [3.05, 3.63) is 57.6 Å². The lowest BCUT2D eigenvalue weighted by Gasteiger charge is -2.17. The van der Waals surface area contributed by atoms with E-state index >= 15 is 0 Å². The SMILES string of the molecule is CCOc1cccc(CNC(C)c2ccc(Cl)cc2Cl)c1O. The van der Waals surface area contributed by atoms with Gasteiger partial charge in [0, 0.05) is 28.2 Å². The fraction of sp³-hybridized carbons (Fsp3) is 0.294. The summed E-state index contributed by atoms with van der Waals surface area (Å²) in [5.74, 6) is 0.672. The van der Waals surface area contributed by atoms with Gasteiger partial charge in [0.15, 0.2) is 11.5 Å². The van der Waals surface area contributed by atoms with Gasteiger partial charge in [0.1, 0.15) is 0 Å². The third-order valence-electron chi connectivity index (χ3n) is 3.41. The van der Waals surface area contributed by atoms with Gasteiger partial charge in [-0.05, 0) is 37.6 Å². The van der Waals surface area contributed by atoms with Gasteiger partial charge in [-0.2, -0.15) is 0 Å². The highest BCUT2D eigenvalue weighted by Gasteiger charge is 2.12. The van der Waals surface area contributed by atoms with Gasteiger partial charge in [0.05, 0.1) is 6.61 Å². The Kier molecular flexibility index (Phi) is 5.95. The predicted molar refractivity (Wildman–Crippen MR) is 91.0 cm³/mol. The van der Waals surface area contributed by atoms with Gasteiger partial charge in [-0.25, -0.2) is 0 Å². The topological polar surface area (TPSA) is 41.5 Å². The van der Waals surface area contributed by atoms with Crippen molar-refractivity contribution in [3.63, 3.8) is 0 Å². The molecule has 0 fully saturated rings. The fourth-order valence-electron chi connectivity index (χ4n) is 2.21. The number of aromatic hydroxyl groups is 1. The second-order valence-corrected chi connectivity index (χ2v) is 5.81. The molecule has 0 radical (unpaired) electrons. The van der Waals surface area contributed by atoms with Crippen molar-refractivity contribution in [2.75, 3.05) is 6.61 Å². The van der Waals surface area contributed by atoms with E-state index in [0.29, 0.717) is 28.9 Å². The van der Waals surface area contributed by atoms with Crippen LogP contribution in [0.1, 0.15) is 31.0 Å². The number of hydrogen-bond donors (Lipinski definition) is 2. The first-order valence-electron chi connectivity index (χ1n) is 7.15. The normalized spacial score (nSPS) is 12.2. The van der Waals surface area contributed by atoms with Gasteiger partial charge in [-0.1, -0.05) is 41.4 Å². The number of ether oxygens (including phenoxy) is 1. The maximum absolute atomic E-state index is 10.2. The van der Waals surface area contributed by atoms with Gasteiger partial charge in [0.25, 0.3) is 0 Å². The molecule has 2 aromatic rings. The Labute approximate surface area is 140 Å². The van der Waals surface area contributed by atoms with Crippen LogP contribution in [0, 0.1) is 0 Å². The number of nitrogens with one attached hydrogen (secondary N) is 1. The minimum absolute atomic E-state index is 0.0277. The predicted octanol–water partition coefficient (Wildman–Crippen LogP) is 4.95. The molecule has 2 aromatic carbocycles. The summed E-state index contributed by atoms with van der Waals surface area (Å²) < 4.78 is 5.39. The minimum atomic E-state index is 0.0277. The third-order valence-corrected chi connectivity index (χ3v) is 3.97. The summed E-state index contributed by atoms with van der Waals surface area (Å²) in [5, 5.41) is 14.8. The van der Waals surface area contributed by atoms with Crippen LogP contribution in [0.15, 0.2) is 36.4 Å². The van der Waals surface area contributed by atoms with Crippen LogP contribution in [-0.2, 0) is 6.54 Å². The summed E-state index contributed by atoms with van der Waals surface area (Å²) in [7, 11) is 0. The number of phenolic OH excluding ortho intramolecular Hbond substituents is 1. The Balaban J connectivity index is 2.08. The molecule has 1 unspecified atom stereocenters. The molecule has 0 spiro atoms. The highest BCUT2D eigenvalue weighted by molar-refractivity contribution is 6.35. The van der Waals surface area contributed by atoms with E-state index in [2.05, 4.69) is 5.32 Å². The molecular formula is C17H19Cl2NO2. The number of phenols is 1. The number of halogens is 2. The minimum Gasteiger partial charge on any atom is -0.504 e. The molecule has 2 N–H and O–H groups in total. The van der Waals surface area contributed by atoms with Crippen LogP contribution < -0.4 is 10.1 Å². The average Bonchev–Trinajstić information content (AvgIpc) is 2.48. The zero-order valence-corrected chi connectivity index (χ0v) is 14.1. The molecule has 5 heteroatoms. The molecule has 118 valence electrons. The Hall–Kier alpha value is -1.42. The molecule has 0 saturated carbocycles. The van der Waals surface area contributed by atoms with Crippen molar-refractivity contribution < 1.29 is 9.84 Å². The maximum atomic E-state index is 10.2. The first kappa shape index (κ1) is 16.9. The zero-order valence-electron chi connectivity index (χ0n) is 12.6. The Morgan fingerprint density at radius 2 is 2.00 bits per heavy atom. The molecule has 0 aromatic heterocycles. The van der Waals surface area contributed by atoms with Crippen LogP contribution >= 0.6 is 23.2 Å². The molecule has 0 saturated heterocycles. The summed E-state index contributed by atoms with van der Waals surface area (Å²) in [6.45, 7) is 4.92. The molecular weight excluding hydrogens is 321 g/mol. The summed E-state index contributed by atoms with van der Waals surface area (Å²) >= 11 is 12.1. The van der Waals surface area contributed by atoms with E-state index in [1.807, 2.05) is 38.1 Å². The first-order valence-corrected chi connectivity index (χ1v) is 7.90. The molecule has 0 bridgehead atoms. The second-order valence-electron chi connectivity index (χ2n) is 4.97. The largest absolute Gasteiger partial charge is 0.504 e. The van der Waals surface area contributed by atoms with Crippen molar-refractivity contribution in [2.45, 2.75) is 26.4 Å². The van der Waals surface area contributed by atoms with Crippen molar-refractivity contribution in [1.82, 2.24) is 5.32 Å². The number of para-hydroxylation sites is 1. The average molecular weight is 340 g/mol.